The van der Waals surface area contributed by atoms with Gasteiger partial charge in [-0.3, -0.25) is 4.74 Å². The van der Waals surface area contributed by atoms with Gasteiger partial charge in [0.2, 0.25) is 0 Å². The maximum absolute atomic E-state index is 5.33. The molecule has 0 heterocycles. The number of allylic oxidation sites excluding steroid dienone is 5. The Morgan fingerprint density at radius 3 is 1.80 bits per heavy atom. The van der Waals surface area contributed by atoms with Gasteiger partial charge in [-0.25, -0.2) is 0 Å². The third-order valence-electron chi connectivity index (χ3n) is 4.22. The number of nitrogens with zero attached hydrogens (tertiary/aromatic N) is 1. The van der Waals surface area contributed by atoms with Gasteiger partial charge in [0.15, 0.2) is 0 Å². The van der Waals surface area contributed by atoms with Gasteiger partial charge in [0, 0.05) is 33.8 Å². The summed E-state index contributed by atoms with van der Waals surface area (Å²) < 4.78 is 5.33. The Labute approximate surface area is 173 Å². The predicted octanol–water partition coefficient (Wildman–Crippen LogP) is 8.18. The summed E-state index contributed by atoms with van der Waals surface area (Å²) in [5.74, 6) is 0. The van der Waals surface area contributed by atoms with E-state index in [9.17, 15) is 0 Å². The molecule has 0 fully saturated rings. The second-order valence-corrected chi connectivity index (χ2v) is 10.5. The van der Waals surface area contributed by atoms with Crippen LogP contribution >= 0.6 is 7.05 Å². The van der Waals surface area contributed by atoms with Crippen molar-refractivity contribution in [3.8, 4) is 0 Å². The molecule has 0 amide bonds. The first kappa shape index (κ1) is 27.1. The van der Waals surface area contributed by atoms with Crippen molar-refractivity contribution >= 4 is 7.05 Å². The molecule has 1 nitrogen and oxygen atoms in total. The number of rotatable bonds is 11. The molecule has 25 heavy (non-hydrogen) atoms. The summed E-state index contributed by atoms with van der Waals surface area (Å²) in [4.78, 5) is 0. The first-order chi connectivity index (χ1) is 11.5. The van der Waals surface area contributed by atoms with Gasteiger partial charge in [-0.15, -0.1) is 0 Å². The van der Waals surface area contributed by atoms with Crippen molar-refractivity contribution < 1.29 is 21.7 Å². The molecular weight excluding hydrogens is 357 g/mol. The van der Waals surface area contributed by atoms with Gasteiger partial charge in [-0.1, -0.05) is 77.0 Å². The molecule has 0 spiro atoms. The molecule has 0 aliphatic heterocycles. The molecular formula is C22H40NPTi. The van der Waals surface area contributed by atoms with Crippen LogP contribution in [0.2, 0.25) is 0 Å². The van der Waals surface area contributed by atoms with E-state index in [1.54, 1.807) is 6.08 Å². The van der Waals surface area contributed by atoms with Crippen LogP contribution in [0, 0.1) is 0 Å². The molecule has 1 aliphatic rings. The third kappa shape index (κ3) is 13.7. The van der Waals surface area contributed by atoms with Crippen molar-refractivity contribution in [2.75, 3.05) is 18.5 Å². The summed E-state index contributed by atoms with van der Waals surface area (Å²) in [5.41, 5.74) is 2.38. The molecule has 1 aliphatic carbocycles. The molecule has 142 valence electrons. The van der Waals surface area contributed by atoms with E-state index in [2.05, 4.69) is 52.2 Å². The van der Waals surface area contributed by atoms with Gasteiger partial charge < -0.3 is 0 Å². The van der Waals surface area contributed by atoms with Gasteiger partial charge in [0.05, 0.1) is 0 Å². The molecule has 0 N–H and O–H groups in total. The summed E-state index contributed by atoms with van der Waals surface area (Å²) >= 11 is 0. The SMILES string of the molecule is C=CC(=C)C.CCCCP(CCCC)(CCCC)=NC1=CC=CC1.[Ti]. The zero-order chi connectivity index (χ0) is 18.3. The average molecular weight is 397 g/mol. The van der Waals surface area contributed by atoms with E-state index in [-0.39, 0.29) is 21.7 Å². The Bertz CT molecular complexity index is 446. The standard InChI is InChI=1S/C17H32NP.C5H8.Ti/c1-4-7-14-19(15-8-5-2,16-9-6-3)18-17-12-10-11-13-17;1-4-5(2)3;/h10-12H,4-9,13-16H2,1-3H3;4H,1-2H2,3H3;. The van der Waals surface area contributed by atoms with Gasteiger partial charge in [0.1, 0.15) is 0 Å². The van der Waals surface area contributed by atoms with E-state index >= 15 is 0 Å². The largest absolute Gasteiger partial charge is 0.272 e. The van der Waals surface area contributed by atoms with E-state index in [0.29, 0.717) is 0 Å². The predicted molar refractivity (Wildman–Crippen MR) is 116 cm³/mol. The molecule has 0 saturated carbocycles. The van der Waals surface area contributed by atoms with Crippen LogP contribution in [0.25, 0.3) is 0 Å². The maximum atomic E-state index is 5.33. The summed E-state index contributed by atoms with van der Waals surface area (Å²) in [5, 5.41) is 0. The van der Waals surface area contributed by atoms with Crippen molar-refractivity contribution in [2.24, 2.45) is 4.74 Å². The molecule has 1 rings (SSSR count). The number of hydrogen-bond acceptors (Lipinski definition) is 1. The average Bonchev–Trinajstić information content (AvgIpc) is 3.09. The molecule has 0 aromatic heterocycles. The van der Waals surface area contributed by atoms with Crippen LogP contribution in [0.4, 0.5) is 0 Å². The van der Waals surface area contributed by atoms with Crippen molar-refractivity contribution in [3.63, 3.8) is 0 Å². The molecule has 0 aromatic carbocycles. The molecule has 0 atom stereocenters. The van der Waals surface area contributed by atoms with Crippen LogP contribution < -0.4 is 0 Å². The van der Waals surface area contributed by atoms with Crippen LogP contribution in [-0.4, -0.2) is 18.5 Å². The van der Waals surface area contributed by atoms with Crippen LogP contribution in [0.15, 0.2) is 53.5 Å². The summed E-state index contributed by atoms with van der Waals surface area (Å²) in [7, 11) is -1.08. The first-order valence-corrected chi connectivity index (χ1v) is 12.1. The van der Waals surface area contributed by atoms with Gasteiger partial charge >= 0.3 is 0 Å². The van der Waals surface area contributed by atoms with Crippen LogP contribution in [0.3, 0.4) is 0 Å². The van der Waals surface area contributed by atoms with Gasteiger partial charge in [-0.2, -0.15) is 0 Å². The summed E-state index contributed by atoms with van der Waals surface area (Å²) in [6.07, 6.45) is 21.7. The maximum Gasteiger partial charge on any atom is 0.0425 e. The molecule has 0 saturated heterocycles. The molecule has 0 bridgehead atoms. The van der Waals surface area contributed by atoms with Crippen LogP contribution in [0.1, 0.15) is 72.6 Å². The molecule has 0 aromatic rings. The topological polar surface area (TPSA) is 12.4 Å². The normalized spacial score (nSPS) is 12.6. The van der Waals surface area contributed by atoms with E-state index in [1.165, 1.54) is 62.7 Å². The fourth-order valence-electron chi connectivity index (χ4n) is 2.63. The molecule has 0 radical (unpaired) electrons. The molecule has 3 heteroatoms. The van der Waals surface area contributed by atoms with E-state index in [1.807, 2.05) is 6.92 Å². The van der Waals surface area contributed by atoms with Gasteiger partial charge in [-0.05, 0) is 57.8 Å². The fraction of sp³-hybridized carbons (Fsp3) is 0.636. The second-order valence-electron chi connectivity index (χ2n) is 6.77. The Balaban J connectivity index is 0. The van der Waals surface area contributed by atoms with Crippen LogP contribution in [0.5, 0.6) is 0 Å². The minimum atomic E-state index is -1.08. The van der Waals surface area contributed by atoms with E-state index < -0.39 is 7.05 Å². The van der Waals surface area contributed by atoms with Crippen molar-refractivity contribution in [1.29, 1.82) is 0 Å². The summed E-state index contributed by atoms with van der Waals surface area (Å²) in [6, 6.07) is 0. The minimum Gasteiger partial charge on any atom is -0.272 e. The first-order valence-electron chi connectivity index (χ1n) is 9.76. The Hall–Kier alpha value is -0.0957. The Morgan fingerprint density at radius 1 is 1.08 bits per heavy atom. The number of hydrogen-bond donors (Lipinski definition) is 0. The van der Waals surface area contributed by atoms with Crippen LogP contribution in [-0.2, 0) is 21.7 Å². The van der Waals surface area contributed by atoms with E-state index in [4.69, 9.17) is 4.74 Å². The zero-order valence-corrected chi connectivity index (χ0v) is 19.6. The Kier molecular flexibility index (Phi) is 18.8. The third-order valence-corrected chi connectivity index (χ3v) is 8.35. The monoisotopic (exact) mass is 397 g/mol. The molecule has 0 unspecified atom stereocenters. The minimum absolute atomic E-state index is 0. The van der Waals surface area contributed by atoms with Gasteiger partial charge in [0.25, 0.3) is 0 Å². The van der Waals surface area contributed by atoms with Crippen molar-refractivity contribution in [3.05, 3.63) is 48.7 Å². The second kappa shape index (κ2) is 17.3. The Morgan fingerprint density at radius 2 is 1.52 bits per heavy atom. The fourth-order valence-corrected chi connectivity index (χ4v) is 7.00. The zero-order valence-electron chi connectivity index (χ0n) is 17.2. The van der Waals surface area contributed by atoms with Crippen molar-refractivity contribution in [1.82, 2.24) is 0 Å². The quantitative estimate of drug-likeness (QED) is 0.189. The van der Waals surface area contributed by atoms with Crippen molar-refractivity contribution in [2.45, 2.75) is 72.6 Å². The number of unbranched alkanes of at least 4 members (excludes halogenated alkanes) is 3. The van der Waals surface area contributed by atoms with E-state index in [0.717, 1.165) is 12.0 Å². The summed E-state index contributed by atoms with van der Waals surface area (Å²) in [6.45, 7) is 15.9. The smallest absolute Gasteiger partial charge is 0.0425 e.